The largest absolute Gasteiger partial charge is 0.456 e. The summed E-state index contributed by atoms with van der Waals surface area (Å²) < 4.78 is 12.7. The molecule has 0 radical (unpaired) electrons. The summed E-state index contributed by atoms with van der Waals surface area (Å²) in [5.41, 5.74) is 8.69. The Morgan fingerprint density at radius 2 is 1.32 bits per heavy atom. The van der Waals surface area contributed by atoms with Gasteiger partial charge in [0.2, 0.25) is 0 Å². The maximum Gasteiger partial charge on any atom is 0.139 e. The lowest BCUT2D eigenvalue weighted by Crippen LogP contribution is -2.13. The van der Waals surface area contributed by atoms with Crippen molar-refractivity contribution in [3.05, 3.63) is 83.9 Å². The van der Waals surface area contributed by atoms with Crippen LogP contribution in [0.15, 0.2) is 81.6 Å². The number of hydrogen-bond donors (Lipinski definition) is 0. The van der Waals surface area contributed by atoms with Gasteiger partial charge in [0.1, 0.15) is 22.3 Å². The molecule has 170 valence electrons. The number of fused-ring (bicyclic) bond motifs is 6. The van der Waals surface area contributed by atoms with E-state index in [1.165, 1.54) is 38.4 Å². The lowest BCUT2D eigenvalue weighted by molar-refractivity contribution is 0.573. The van der Waals surface area contributed by atoms with E-state index in [1.807, 2.05) is 6.07 Å². The van der Waals surface area contributed by atoms with Gasteiger partial charge in [-0.15, -0.1) is 0 Å². The molecule has 2 nitrogen and oxygen atoms in total. The molecule has 2 heterocycles. The zero-order valence-electron chi connectivity index (χ0n) is 20.7. The van der Waals surface area contributed by atoms with E-state index < -0.39 is 0 Å². The van der Waals surface area contributed by atoms with Crippen LogP contribution in [0.2, 0.25) is 0 Å². The van der Waals surface area contributed by atoms with Gasteiger partial charge in [0.25, 0.3) is 0 Å². The monoisotopic (exact) mass is 446 g/mol. The smallest absolute Gasteiger partial charge is 0.139 e. The summed E-state index contributed by atoms with van der Waals surface area (Å²) in [7, 11) is 0. The predicted molar refractivity (Wildman–Crippen MR) is 144 cm³/mol. The fourth-order valence-corrected chi connectivity index (χ4v) is 5.39. The lowest BCUT2D eigenvalue weighted by Gasteiger charge is -2.24. The average molecular weight is 447 g/mol. The molecule has 0 atom stereocenters. The summed E-state index contributed by atoms with van der Waals surface area (Å²) in [5.74, 6) is 0. The molecular weight excluding hydrogens is 416 g/mol. The fourth-order valence-electron chi connectivity index (χ4n) is 5.39. The molecule has 2 aromatic heterocycles. The Bertz CT molecular complexity index is 1710. The Balaban J connectivity index is 1.65. The summed E-state index contributed by atoms with van der Waals surface area (Å²) >= 11 is 0. The molecule has 0 amide bonds. The van der Waals surface area contributed by atoms with Gasteiger partial charge >= 0.3 is 0 Å². The molecule has 2 heteroatoms. The van der Waals surface area contributed by atoms with Crippen LogP contribution in [0.1, 0.15) is 52.7 Å². The number of furan rings is 2. The third-order valence-corrected chi connectivity index (χ3v) is 6.91. The number of hydrogen-bond acceptors (Lipinski definition) is 2. The first-order valence-corrected chi connectivity index (χ1v) is 12.0. The molecule has 6 aromatic rings. The Hall–Kier alpha value is -3.52. The van der Waals surface area contributed by atoms with Crippen molar-refractivity contribution in [2.24, 2.45) is 0 Å². The minimum atomic E-state index is -0.0657. The highest BCUT2D eigenvalue weighted by molar-refractivity contribution is 6.10. The van der Waals surface area contributed by atoms with Gasteiger partial charge in [-0.3, -0.25) is 0 Å². The first-order valence-electron chi connectivity index (χ1n) is 12.0. The molecule has 0 fully saturated rings. The molecule has 0 spiro atoms. The highest BCUT2D eigenvalue weighted by atomic mass is 16.3. The van der Waals surface area contributed by atoms with Gasteiger partial charge in [-0.2, -0.15) is 0 Å². The summed E-state index contributed by atoms with van der Waals surface area (Å²) in [6, 6.07) is 25.8. The third-order valence-electron chi connectivity index (χ3n) is 6.91. The van der Waals surface area contributed by atoms with Crippen LogP contribution in [0.25, 0.3) is 55.0 Å². The minimum Gasteiger partial charge on any atom is -0.456 e. The quantitative estimate of drug-likeness (QED) is 0.251. The van der Waals surface area contributed by atoms with Crippen molar-refractivity contribution >= 4 is 43.9 Å². The van der Waals surface area contributed by atoms with Crippen molar-refractivity contribution in [2.45, 2.75) is 52.4 Å². The van der Waals surface area contributed by atoms with Crippen molar-refractivity contribution in [3.8, 4) is 11.1 Å². The van der Waals surface area contributed by atoms with E-state index in [1.54, 1.807) is 0 Å². The molecule has 0 aliphatic rings. The van der Waals surface area contributed by atoms with E-state index >= 15 is 0 Å². The van der Waals surface area contributed by atoms with Crippen LogP contribution in [0.4, 0.5) is 0 Å². The first-order chi connectivity index (χ1) is 16.1. The molecule has 0 aliphatic heterocycles. The zero-order valence-corrected chi connectivity index (χ0v) is 20.7. The second kappa shape index (κ2) is 6.99. The predicted octanol–water partition coefficient (Wildman–Crippen LogP) is 9.75. The minimum absolute atomic E-state index is 0.0169. The maximum absolute atomic E-state index is 6.52. The van der Waals surface area contributed by atoms with Gasteiger partial charge in [-0.05, 0) is 51.8 Å². The Morgan fingerprint density at radius 1 is 0.559 bits per heavy atom. The molecule has 0 unspecified atom stereocenters. The van der Waals surface area contributed by atoms with Gasteiger partial charge in [-0.25, -0.2) is 0 Å². The van der Waals surface area contributed by atoms with Gasteiger partial charge in [-0.1, -0.05) is 90.1 Å². The molecule has 0 saturated carbocycles. The van der Waals surface area contributed by atoms with Gasteiger partial charge < -0.3 is 8.83 Å². The van der Waals surface area contributed by atoms with E-state index in [4.69, 9.17) is 8.83 Å². The van der Waals surface area contributed by atoms with Gasteiger partial charge in [0.05, 0.1) is 0 Å². The summed E-state index contributed by atoms with van der Waals surface area (Å²) in [4.78, 5) is 0. The second-order valence-electron chi connectivity index (χ2n) is 11.5. The maximum atomic E-state index is 6.52. The van der Waals surface area contributed by atoms with E-state index in [2.05, 4.69) is 108 Å². The molecule has 4 aromatic carbocycles. The van der Waals surface area contributed by atoms with Crippen LogP contribution >= 0.6 is 0 Å². The van der Waals surface area contributed by atoms with Crippen molar-refractivity contribution in [3.63, 3.8) is 0 Å². The average Bonchev–Trinajstić information content (AvgIpc) is 3.34. The van der Waals surface area contributed by atoms with E-state index in [-0.39, 0.29) is 10.8 Å². The standard InChI is InChI=1S/C32H30O2/c1-31(2,3)24-12-9-11-22-21-15-14-19(18-27(21)34-30(22)24)20-16-17-26-28(29(20)32(4,5)6)23-10-7-8-13-25(23)33-26/h7-18H,1-6H3. The van der Waals surface area contributed by atoms with Crippen LogP contribution in [0.3, 0.4) is 0 Å². The van der Waals surface area contributed by atoms with E-state index in [0.29, 0.717) is 0 Å². The molecule has 0 bridgehead atoms. The Morgan fingerprint density at radius 3 is 2.09 bits per heavy atom. The highest BCUT2D eigenvalue weighted by Gasteiger charge is 2.26. The Kier molecular flexibility index (Phi) is 4.33. The van der Waals surface area contributed by atoms with Crippen LogP contribution in [0, 0.1) is 0 Å². The molecule has 0 aliphatic carbocycles. The fraction of sp³-hybridized carbons (Fsp3) is 0.250. The second-order valence-corrected chi connectivity index (χ2v) is 11.5. The topological polar surface area (TPSA) is 26.3 Å². The van der Waals surface area contributed by atoms with Crippen LogP contribution in [-0.4, -0.2) is 0 Å². The Labute approximate surface area is 200 Å². The SMILES string of the molecule is CC(C)(C)c1cccc2c1oc1cc(-c3ccc4oc5ccccc5c4c3C(C)(C)C)ccc12. The van der Waals surface area contributed by atoms with Crippen molar-refractivity contribution < 1.29 is 8.83 Å². The van der Waals surface area contributed by atoms with E-state index in [0.717, 1.165) is 27.7 Å². The highest BCUT2D eigenvalue weighted by Crippen LogP contribution is 2.44. The molecule has 6 rings (SSSR count). The summed E-state index contributed by atoms with van der Waals surface area (Å²) in [6.45, 7) is 13.6. The number of benzene rings is 4. The third kappa shape index (κ3) is 3.09. The lowest BCUT2D eigenvalue weighted by atomic mass is 9.79. The normalized spacial score (nSPS) is 13.0. The molecule has 0 N–H and O–H groups in total. The van der Waals surface area contributed by atoms with Crippen LogP contribution < -0.4 is 0 Å². The number of rotatable bonds is 1. The molecule has 0 saturated heterocycles. The van der Waals surface area contributed by atoms with Crippen molar-refractivity contribution in [1.82, 2.24) is 0 Å². The van der Waals surface area contributed by atoms with Gasteiger partial charge in [0.15, 0.2) is 0 Å². The van der Waals surface area contributed by atoms with Crippen molar-refractivity contribution in [1.29, 1.82) is 0 Å². The van der Waals surface area contributed by atoms with Gasteiger partial charge in [0, 0.05) is 27.1 Å². The summed E-state index contributed by atoms with van der Waals surface area (Å²) in [6.07, 6.45) is 0. The van der Waals surface area contributed by atoms with Crippen molar-refractivity contribution in [2.75, 3.05) is 0 Å². The first kappa shape index (κ1) is 21.0. The van der Waals surface area contributed by atoms with E-state index in [9.17, 15) is 0 Å². The van der Waals surface area contributed by atoms with Crippen LogP contribution in [-0.2, 0) is 10.8 Å². The summed E-state index contributed by atoms with van der Waals surface area (Å²) in [5, 5.41) is 4.72. The number of para-hydroxylation sites is 2. The molecule has 34 heavy (non-hydrogen) atoms. The zero-order chi connectivity index (χ0) is 23.8. The molecular formula is C32H30O2. The van der Waals surface area contributed by atoms with Crippen LogP contribution in [0.5, 0.6) is 0 Å².